The van der Waals surface area contributed by atoms with E-state index in [2.05, 4.69) is 5.32 Å². The molecular formula is C18H18ClNO3. The van der Waals surface area contributed by atoms with Crippen molar-refractivity contribution >= 4 is 23.2 Å². The maximum atomic E-state index is 11.9. The third-order valence-corrected chi connectivity index (χ3v) is 3.96. The average molecular weight is 332 g/mol. The van der Waals surface area contributed by atoms with Gasteiger partial charge in [0, 0.05) is 10.9 Å². The fraction of sp³-hybridized carbons (Fsp3) is 0.278. The van der Waals surface area contributed by atoms with Crippen molar-refractivity contribution in [1.29, 1.82) is 0 Å². The zero-order chi connectivity index (χ0) is 16.2. The molecule has 3 rings (SSSR count). The first-order valence-corrected chi connectivity index (χ1v) is 7.97. The molecule has 0 aliphatic heterocycles. The van der Waals surface area contributed by atoms with E-state index in [1.807, 2.05) is 12.1 Å². The predicted molar refractivity (Wildman–Crippen MR) is 89.7 cm³/mol. The number of aliphatic hydroxyl groups excluding tert-OH is 1. The van der Waals surface area contributed by atoms with E-state index in [0.717, 1.165) is 12.8 Å². The number of ether oxygens (including phenoxy) is 1. The molecule has 0 bridgehead atoms. The summed E-state index contributed by atoms with van der Waals surface area (Å²) in [6.45, 7) is 0.0800. The number of amides is 1. The molecule has 0 saturated heterocycles. The van der Waals surface area contributed by atoms with Gasteiger partial charge in [-0.15, -0.1) is 0 Å². The smallest absolute Gasteiger partial charge is 0.227 e. The summed E-state index contributed by atoms with van der Waals surface area (Å²) in [5.41, 5.74) is 1.32. The molecule has 2 aromatic carbocycles. The van der Waals surface area contributed by atoms with Gasteiger partial charge in [0.05, 0.1) is 5.69 Å². The normalized spacial score (nSPS) is 15.0. The van der Waals surface area contributed by atoms with E-state index in [1.54, 1.807) is 36.4 Å². The van der Waals surface area contributed by atoms with Crippen LogP contribution in [0.5, 0.6) is 5.75 Å². The van der Waals surface area contributed by atoms with Gasteiger partial charge >= 0.3 is 0 Å². The molecule has 4 nitrogen and oxygen atoms in total. The van der Waals surface area contributed by atoms with Crippen LogP contribution in [0.4, 0.5) is 5.69 Å². The largest absolute Gasteiger partial charge is 0.488 e. The molecule has 0 aromatic heterocycles. The standard InChI is InChI=1S/C18H18ClNO3/c19-14-5-3-4-13(10-14)16(21)11-23-17-7-2-1-6-15(17)20-18(22)12-8-9-12/h1-7,10,12,16,21H,8-9,11H2,(H,20,22). The van der Waals surface area contributed by atoms with Gasteiger partial charge in [0.1, 0.15) is 18.5 Å². The Hall–Kier alpha value is -2.04. The van der Waals surface area contributed by atoms with E-state index in [-0.39, 0.29) is 18.4 Å². The molecule has 1 fully saturated rings. The van der Waals surface area contributed by atoms with E-state index >= 15 is 0 Å². The molecule has 1 amide bonds. The highest BCUT2D eigenvalue weighted by Gasteiger charge is 2.30. The third-order valence-electron chi connectivity index (χ3n) is 3.72. The Morgan fingerprint density at radius 3 is 2.78 bits per heavy atom. The molecule has 0 spiro atoms. The second-order valence-electron chi connectivity index (χ2n) is 5.64. The topological polar surface area (TPSA) is 58.6 Å². The minimum atomic E-state index is -0.791. The van der Waals surface area contributed by atoms with Crippen molar-refractivity contribution in [2.75, 3.05) is 11.9 Å². The number of benzene rings is 2. The number of hydrogen-bond donors (Lipinski definition) is 2. The van der Waals surface area contributed by atoms with Gasteiger partial charge in [0.25, 0.3) is 0 Å². The van der Waals surface area contributed by atoms with Crippen molar-refractivity contribution in [1.82, 2.24) is 0 Å². The Bertz CT molecular complexity index is 700. The highest BCUT2D eigenvalue weighted by atomic mass is 35.5. The lowest BCUT2D eigenvalue weighted by Gasteiger charge is -2.16. The molecule has 1 aliphatic carbocycles. The van der Waals surface area contributed by atoms with Gasteiger partial charge in [-0.3, -0.25) is 4.79 Å². The Balaban J connectivity index is 1.64. The highest BCUT2D eigenvalue weighted by molar-refractivity contribution is 6.30. The average Bonchev–Trinajstić information content (AvgIpc) is 3.38. The number of halogens is 1. The molecule has 0 radical (unpaired) electrons. The fourth-order valence-corrected chi connectivity index (χ4v) is 2.45. The molecule has 120 valence electrons. The van der Waals surface area contributed by atoms with Crippen molar-refractivity contribution < 1.29 is 14.6 Å². The maximum Gasteiger partial charge on any atom is 0.227 e. The van der Waals surface area contributed by atoms with E-state index in [4.69, 9.17) is 16.3 Å². The summed E-state index contributed by atoms with van der Waals surface area (Å²) in [7, 11) is 0. The first-order valence-electron chi connectivity index (χ1n) is 7.59. The van der Waals surface area contributed by atoms with Crippen molar-refractivity contribution in [2.24, 2.45) is 5.92 Å². The molecule has 2 N–H and O–H groups in total. The minimum Gasteiger partial charge on any atom is -0.488 e. The molecule has 1 atom stereocenters. The van der Waals surface area contributed by atoms with Gasteiger partial charge in [-0.2, -0.15) is 0 Å². The molecule has 1 saturated carbocycles. The zero-order valence-electron chi connectivity index (χ0n) is 12.5. The van der Waals surface area contributed by atoms with Gasteiger partial charge in [-0.05, 0) is 42.7 Å². The van der Waals surface area contributed by atoms with Crippen LogP contribution in [0.15, 0.2) is 48.5 Å². The second kappa shape index (κ2) is 7.02. The molecule has 5 heteroatoms. The Morgan fingerprint density at radius 1 is 1.26 bits per heavy atom. The summed E-state index contributed by atoms with van der Waals surface area (Å²) in [6, 6.07) is 14.3. The quantitative estimate of drug-likeness (QED) is 0.846. The van der Waals surface area contributed by atoms with Gasteiger partial charge < -0.3 is 15.2 Å². The van der Waals surface area contributed by atoms with E-state index < -0.39 is 6.10 Å². The van der Waals surface area contributed by atoms with Crippen LogP contribution in [-0.2, 0) is 4.79 Å². The summed E-state index contributed by atoms with van der Waals surface area (Å²) in [4.78, 5) is 11.9. The van der Waals surface area contributed by atoms with Crippen molar-refractivity contribution in [3.05, 3.63) is 59.1 Å². The van der Waals surface area contributed by atoms with Crippen LogP contribution < -0.4 is 10.1 Å². The number of carbonyl (C=O) groups is 1. The molecule has 23 heavy (non-hydrogen) atoms. The highest BCUT2D eigenvalue weighted by Crippen LogP contribution is 2.32. The zero-order valence-corrected chi connectivity index (χ0v) is 13.3. The number of para-hydroxylation sites is 2. The lowest BCUT2D eigenvalue weighted by atomic mass is 10.1. The molecular weight excluding hydrogens is 314 g/mol. The van der Waals surface area contributed by atoms with Crippen LogP contribution in [-0.4, -0.2) is 17.6 Å². The Labute approximate surface area is 140 Å². The van der Waals surface area contributed by atoms with Gasteiger partial charge in [0.2, 0.25) is 5.91 Å². The maximum absolute atomic E-state index is 11.9. The monoisotopic (exact) mass is 331 g/mol. The van der Waals surface area contributed by atoms with Gasteiger partial charge in [-0.1, -0.05) is 35.9 Å². The van der Waals surface area contributed by atoms with Gasteiger partial charge in [0.15, 0.2) is 0 Å². The number of rotatable bonds is 6. The molecule has 1 unspecified atom stereocenters. The first kappa shape index (κ1) is 15.8. The van der Waals surface area contributed by atoms with E-state index in [0.29, 0.717) is 22.0 Å². The van der Waals surface area contributed by atoms with Gasteiger partial charge in [-0.25, -0.2) is 0 Å². The van der Waals surface area contributed by atoms with Crippen LogP contribution in [0.3, 0.4) is 0 Å². The summed E-state index contributed by atoms with van der Waals surface area (Å²) in [5.74, 6) is 0.694. The van der Waals surface area contributed by atoms with Crippen molar-refractivity contribution in [3.63, 3.8) is 0 Å². The lowest BCUT2D eigenvalue weighted by molar-refractivity contribution is -0.117. The Morgan fingerprint density at radius 2 is 2.04 bits per heavy atom. The number of anilines is 1. The minimum absolute atomic E-state index is 0.0245. The molecule has 0 heterocycles. The van der Waals surface area contributed by atoms with E-state index in [9.17, 15) is 9.90 Å². The first-order chi connectivity index (χ1) is 11.1. The molecule has 2 aromatic rings. The summed E-state index contributed by atoms with van der Waals surface area (Å²) in [5, 5.41) is 13.7. The number of nitrogens with one attached hydrogen (secondary N) is 1. The third kappa shape index (κ3) is 4.24. The number of carbonyl (C=O) groups excluding carboxylic acids is 1. The molecule has 1 aliphatic rings. The Kier molecular flexibility index (Phi) is 4.84. The van der Waals surface area contributed by atoms with Crippen molar-refractivity contribution in [3.8, 4) is 5.75 Å². The van der Waals surface area contributed by atoms with E-state index in [1.165, 1.54) is 0 Å². The predicted octanol–water partition coefficient (Wildman–Crippen LogP) is 3.80. The number of aliphatic hydroxyl groups is 1. The van der Waals surface area contributed by atoms with Crippen LogP contribution in [0.1, 0.15) is 24.5 Å². The number of hydrogen-bond acceptors (Lipinski definition) is 3. The van der Waals surface area contributed by atoms with Crippen LogP contribution in [0.2, 0.25) is 5.02 Å². The van der Waals surface area contributed by atoms with Crippen molar-refractivity contribution in [2.45, 2.75) is 18.9 Å². The fourth-order valence-electron chi connectivity index (χ4n) is 2.25. The summed E-state index contributed by atoms with van der Waals surface area (Å²) < 4.78 is 5.69. The lowest BCUT2D eigenvalue weighted by Crippen LogP contribution is -2.15. The summed E-state index contributed by atoms with van der Waals surface area (Å²) in [6.07, 6.45) is 1.10. The second-order valence-corrected chi connectivity index (χ2v) is 6.08. The SMILES string of the molecule is O=C(Nc1ccccc1OCC(O)c1cccc(Cl)c1)C1CC1. The van der Waals surface area contributed by atoms with Crippen LogP contribution >= 0.6 is 11.6 Å². The van der Waals surface area contributed by atoms with Crippen LogP contribution in [0, 0.1) is 5.92 Å². The van der Waals surface area contributed by atoms with Crippen LogP contribution in [0.25, 0.3) is 0 Å². The summed E-state index contributed by atoms with van der Waals surface area (Å²) >= 11 is 5.92.